The number of aryl methyl sites for hydroxylation is 1. The highest BCUT2D eigenvalue weighted by molar-refractivity contribution is 7.92. The summed E-state index contributed by atoms with van der Waals surface area (Å²) in [5, 5.41) is 0.826. The molecule has 0 bridgehead atoms. The first-order chi connectivity index (χ1) is 12.0. The van der Waals surface area contributed by atoms with Crippen LogP contribution in [0.4, 0.5) is 5.69 Å². The molecule has 1 N–H and O–H groups in total. The van der Waals surface area contributed by atoms with E-state index in [9.17, 15) is 13.2 Å². The zero-order valence-electron chi connectivity index (χ0n) is 13.1. The van der Waals surface area contributed by atoms with Crippen molar-refractivity contribution in [1.82, 2.24) is 9.55 Å². The molecule has 2 heterocycles. The van der Waals surface area contributed by atoms with E-state index in [0.717, 1.165) is 5.39 Å². The highest BCUT2D eigenvalue weighted by Gasteiger charge is 2.18. The smallest absolute Gasteiger partial charge is 0.408 e. The third-order valence-electron chi connectivity index (χ3n) is 3.95. The lowest BCUT2D eigenvalue weighted by Gasteiger charge is -2.10. The molecule has 25 heavy (non-hydrogen) atoms. The van der Waals surface area contributed by atoms with Crippen LogP contribution < -0.4 is 10.5 Å². The third-order valence-corrected chi connectivity index (χ3v) is 5.31. The van der Waals surface area contributed by atoms with Crippen LogP contribution in [0.25, 0.3) is 22.0 Å². The summed E-state index contributed by atoms with van der Waals surface area (Å²) in [6.45, 7) is 0. The zero-order chi connectivity index (χ0) is 17.6. The van der Waals surface area contributed by atoms with Crippen molar-refractivity contribution in [3.05, 3.63) is 65.3 Å². The van der Waals surface area contributed by atoms with E-state index in [2.05, 4.69) is 9.71 Å². The topological polar surface area (TPSA) is 94.2 Å². The first-order valence-electron chi connectivity index (χ1n) is 7.42. The fourth-order valence-electron chi connectivity index (χ4n) is 2.67. The third kappa shape index (κ3) is 2.56. The van der Waals surface area contributed by atoms with Crippen molar-refractivity contribution in [2.24, 2.45) is 7.05 Å². The van der Waals surface area contributed by atoms with Crippen LogP contribution in [0.15, 0.2) is 68.8 Å². The van der Waals surface area contributed by atoms with Crippen molar-refractivity contribution in [2.45, 2.75) is 4.90 Å². The van der Waals surface area contributed by atoms with Gasteiger partial charge in [0.05, 0.1) is 21.6 Å². The Balaban J connectivity index is 1.80. The summed E-state index contributed by atoms with van der Waals surface area (Å²) in [6.07, 6.45) is 1.60. The lowest BCUT2D eigenvalue weighted by Crippen LogP contribution is -2.13. The summed E-state index contributed by atoms with van der Waals surface area (Å²) in [7, 11) is -2.30. The molecule has 0 saturated heterocycles. The number of rotatable bonds is 3. The summed E-state index contributed by atoms with van der Waals surface area (Å²) in [5.74, 6) is -0.546. The van der Waals surface area contributed by atoms with Crippen LogP contribution in [0.5, 0.6) is 0 Å². The minimum atomic E-state index is -3.86. The van der Waals surface area contributed by atoms with E-state index in [4.69, 9.17) is 4.42 Å². The summed E-state index contributed by atoms with van der Waals surface area (Å²) in [6, 6.07) is 13.2. The molecule has 126 valence electrons. The molecule has 4 aromatic rings. The van der Waals surface area contributed by atoms with Crippen molar-refractivity contribution >= 4 is 37.7 Å². The van der Waals surface area contributed by atoms with Crippen molar-refractivity contribution in [3.63, 3.8) is 0 Å². The highest BCUT2D eigenvalue weighted by atomic mass is 32.2. The van der Waals surface area contributed by atoms with E-state index in [-0.39, 0.29) is 10.5 Å². The van der Waals surface area contributed by atoms with Crippen LogP contribution in [0.1, 0.15) is 0 Å². The number of anilines is 1. The molecule has 0 atom stereocenters. The Morgan fingerprint density at radius 3 is 2.76 bits per heavy atom. The second kappa shape index (κ2) is 5.45. The lowest BCUT2D eigenvalue weighted by atomic mass is 10.2. The Labute approximate surface area is 142 Å². The Hall–Kier alpha value is -3.13. The van der Waals surface area contributed by atoms with E-state index < -0.39 is 15.8 Å². The molecule has 2 aromatic heterocycles. The van der Waals surface area contributed by atoms with E-state index >= 15 is 0 Å². The quantitative estimate of drug-likeness (QED) is 0.609. The van der Waals surface area contributed by atoms with Crippen LogP contribution in [0.3, 0.4) is 0 Å². The Morgan fingerprint density at radius 2 is 1.92 bits per heavy atom. The molecule has 0 aliphatic heterocycles. The summed E-state index contributed by atoms with van der Waals surface area (Å²) < 4.78 is 34.3. The molecule has 0 radical (unpaired) electrons. The van der Waals surface area contributed by atoms with Gasteiger partial charge in [0, 0.05) is 24.7 Å². The van der Waals surface area contributed by atoms with E-state index in [1.54, 1.807) is 31.4 Å². The number of nitrogens with zero attached hydrogens (tertiary/aromatic N) is 2. The van der Waals surface area contributed by atoms with Gasteiger partial charge >= 0.3 is 5.76 Å². The standard InChI is InChI=1S/C17H13N3O4S/c1-20-14-8-7-12(10-15(14)24-17(20)21)25(22,23)19-13-6-2-4-11-5-3-9-18-16(11)13/h2-10,19H,1H3. The number of aromatic nitrogens is 2. The molecule has 7 nitrogen and oxygen atoms in total. The monoisotopic (exact) mass is 355 g/mol. The van der Waals surface area contributed by atoms with Crippen LogP contribution in [-0.4, -0.2) is 18.0 Å². The zero-order valence-corrected chi connectivity index (χ0v) is 13.9. The van der Waals surface area contributed by atoms with Gasteiger partial charge in [-0.3, -0.25) is 14.3 Å². The number of oxazole rings is 1. The molecule has 0 unspecified atom stereocenters. The van der Waals surface area contributed by atoms with Gasteiger partial charge in [-0.25, -0.2) is 13.2 Å². The highest BCUT2D eigenvalue weighted by Crippen LogP contribution is 2.25. The van der Waals surface area contributed by atoms with E-state index in [0.29, 0.717) is 16.7 Å². The molecular weight excluding hydrogens is 342 g/mol. The minimum Gasteiger partial charge on any atom is -0.408 e. The molecule has 0 amide bonds. The SMILES string of the molecule is Cn1c(=O)oc2cc(S(=O)(=O)Nc3cccc4cccnc34)ccc21. The van der Waals surface area contributed by atoms with Crippen LogP contribution in [0, 0.1) is 0 Å². The average Bonchev–Trinajstić information content (AvgIpc) is 2.89. The number of hydrogen-bond donors (Lipinski definition) is 1. The Bertz CT molecular complexity index is 1270. The van der Waals surface area contributed by atoms with Crippen LogP contribution in [-0.2, 0) is 17.1 Å². The van der Waals surface area contributed by atoms with E-state index in [1.165, 1.54) is 22.8 Å². The van der Waals surface area contributed by atoms with Gasteiger partial charge in [0.15, 0.2) is 5.58 Å². The molecule has 0 aliphatic carbocycles. The number of benzene rings is 2. The van der Waals surface area contributed by atoms with Gasteiger partial charge in [0.25, 0.3) is 10.0 Å². The lowest BCUT2D eigenvalue weighted by molar-refractivity contribution is 0.527. The average molecular weight is 355 g/mol. The number of nitrogens with one attached hydrogen (secondary N) is 1. The summed E-state index contributed by atoms with van der Waals surface area (Å²) in [5.41, 5.74) is 1.68. The number of para-hydroxylation sites is 1. The van der Waals surface area contributed by atoms with Crippen LogP contribution in [0.2, 0.25) is 0 Å². The minimum absolute atomic E-state index is 0.00211. The predicted molar refractivity (Wildman–Crippen MR) is 94.0 cm³/mol. The molecule has 0 saturated carbocycles. The number of pyridine rings is 1. The molecular formula is C17H13N3O4S. The van der Waals surface area contributed by atoms with Gasteiger partial charge in [0.2, 0.25) is 0 Å². The van der Waals surface area contributed by atoms with Gasteiger partial charge in [-0.15, -0.1) is 0 Å². The number of hydrogen-bond acceptors (Lipinski definition) is 5. The Morgan fingerprint density at radius 1 is 1.12 bits per heavy atom. The normalized spacial score (nSPS) is 11.9. The van der Waals surface area contributed by atoms with Gasteiger partial charge < -0.3 is 4.42 Å². The first-order valence-corrected chi connectivity index (χ1v) is 8.90. The molecule has 2 aromatic carbocycles. The maximum Gasteiger partial charge on any atom is 0.419 e. The van der Waals surface area contributed by atoms with Crippen LogP contribution >= 0.6 is 0 Å². The number of sulfonamides is 1. The summed E-state index contributed by atoms with van der Waals surface area (Å²) >= 11 is 0. The van der Waals surface area contributed by atoms with Crippen molar-refractivity contribution < 1.29 is 12.8 Å². The molecule has 0 fully saturated rings. The molecule has 0 spiro atoms. The molecule has 4 rings (SSSR count). The Kier molecular flexibility index (Phi) is 3.36. The fraction of sp³-hybridized carbons (Fsp3) is 0.0588. The second-order valence-electron chi connectivity index (χ2n) is 5.54. The largest absolute Gasteiger partial charge is 0.419 e. The molecule has 8 heteroatoms. The van der Waals surface area contributed by atoms with Crippen molar-refractivity contribution in [2.75, 3.05) is 4.72 Å². The van der Waals surface area contributed by atoms with Crippen molar-refractivity contribution in [3.8, 4) is 0 Å². The van der Waals surface area contributed by atoms with E-state index in [1.807, 2.05) is 12.1 Å². The maximum absolute atomic E-state index is 12.7. The van der Waals surface area contributed by atoms with Gasteiger partial charge in [-0.05, 0) is 24.3 Å². The predicted octanol–water partition coefficient (Wildman–Crippen LogP) is 2.48. The number of fused-ring (bicyclic) bond motifs is 2. The van der Waals surface area contributed by atoms with Crippen molar-refractivity contribution in [1.29, 1.82) is 0 Å². The molecule has 0 aliphatic rings. The fourth-order valence-corrected chi connectivity index (χ4v) is 3.75. The van der Waals surface area contributed by atoms with Gasteiger partial charge in [-0.1, -0.05) is 18.2 Å². The van der Waals surface area contributed by atoms with Gasteiger partial charge in [0.1, 0.15) is 0 Å². The maximum atomic E-state index is 12.7. The first kappa shape index (κ1) is 15.4. The summed E-state index contributed by atoms with van der Waals surface area (Å²) in [4.78, 5) is 15.8. The second-order valence-corrected chi connectivity index (χ2v) is 7.23. The van der Waals surface area contributed by atoms with Gasteiger partial charge in [-0.2, -0.15) is 0 Å².